The van der Waals surface area contributed by atoms with Crippen molar-refractivity contribution in [3.05, 3.63) is 59.3 Å². The number of aromatic nitrogens is 1. The first-order chi connectivity index (χ1) is 11.4. The van der Waals surface area contributed by atoms with Crippen LogP contribution in [0.1, 0.15) is 13.8 Å². The highest BCUT2D eigenvalue weighted by Crippen LogP contribution is 2.19. The normalized spacial score (nSPS) is 12.9. The molecule has 0 aliphatic carbocycles. The average Bonchev–Trinajstić information content (AvgIpc) is 3.03. The molecular formula is C16H19N3O3S2. The van der Waals surface area contributed by atoms with Gasteiger partial charge in [-0.05, 0) is 38.1 Å². The third-order valence-corrected chi connectivity index (χ3v) is 5.31. The molecule has 0 saturated carbocycles. The number of anilines is 2. The number of sulfonamides is 1. The number of hydrogen-bond acceptors (Lipinski definition) is 6. The molecule has 0 unspecified atom stereocenters. The van der Waals surface area contributed by atoms with Gasteiger partial charge in [0.25, 0.3) is 10.0 Å². The van der Waals surface area contributed by atoms with Crippen molar-refractivity contribution in [1.29, 1.82) is 0 Å². The van der Waals surface area contributed by atoms with Crippen LogP contribution in [0.15, 0.2) is 64.2 Å². The Hall–Kier alpha value is -2.32. The Morgan fingerprint density at radius 1 is 1.33 bits per heavy atom. The Morgan fingerprint density at radius 3 is 2.58 bits per heavy atom. The first-order valence-corrected chi connectivity index (χ1v) is 9.56. The van der Waals surface area contributed by atoms with Crippen LogP contribution < -0.4 is 10.0 Å². The highest BCUT2D eigenvalue weighted by molar-refractivity contribution is 7.93. The van der Waals surface area contributed by atoms with Crippen molar-refractivity contribution in [3.63, 3.8) is 0 Å². The van der Waals surface area contributed by atoms with E-state index < -0.39 is 10.0 Å². The quantitative estimate of drug-likeness (QED) is 0.513. The second kappa shape index (κ2) is 7.98. The molecule has 0 saturated heterocycles. The van der Waals surface area contributed by atoms with Crippen LogP contribution >= 0.6 is 11.3 Å². The number of nitrogens with one attached hydrogen (secondary N) is 2. The van der Waals surface area contributed by atoms with Crippen LogP contribution in [0.5, 0.6) is 0 Å². The first-order valence-electron chi connectivity index (χ1n) is 7.20. The van der Waals surface area contributed by atoms with Crippen LogP contribution in [-0.2, 0) is 10.0 Å². The summed E-state index contributed by atoms with van der Waals surface area (Å²) in [6, 6.07) is 6.39. The Labute approximate surface area is 145 Å². The molecule has 24 heavy (non-hydrogen) atoms. The van der Waals surface area contributed by atoms with E-state index in [9.17, 15) is 13.5 Å². The monoisotopic (exact) mass is 365 g/mol. The van der Waals surface area contributed by atoms with E-state index in [2.05, 4.69) is 15.0 Å². The second-order valence-corrected chi connectivity index (χ2v) is 7.51. The molecule has 8 heteroatoms. The maximum atomic E-state index is 12.2. The topological polar surface area (TPSA) is 91.3 Å². The molecule has 0 aliphatic rings. The summed E-state index contributed by atoms with van der Waals surface area (Å²) in [5.74, 6) is 0.243. The fraction of sp³-hybridized carbons (Fsp3) is 0.188. The van der Waals surface area contributed by atoms with Gasteiger partial charge in [-0.15, -0.1) is 11.3 Å². The van der Waals surface area contributed by atoms with E-state index in [0.717, 1.165) is 11.3 Å². The van der Waals surface area contributed by atoms with Gasteiger partial charge in [0.15, 0.2) is 5.13 Å². The van der Waals surface area contributed by atoms with Gasteiger partial charge in [-0.3, -0.25) is 4.72 Å². The zero-order valence-electron chi connectivity index (χ0n) is 13.4. The number of hydrogen-bond donors (Lipinski definition) is 3. The van der Waals surface area contributed by atoms with Crippen molar-refractivity contribution in [2.24, 2.45) is 0 Å². The molecule has 0 amide bonds. The number of allylic oxidation sites excluding steroid dienone is 2. The third-order valence-electron chi connectivity index (χ3n) is 3.13. The van der Waals surface area contributed by atoms with Gasteiger partial charge >= 0.3 is 0 Å². The SMILES string of the molecule is C/C=C\C(CNc1ccc(S(=O)(=O)Nc2nccs2)cc1)=C(/C)O. The van der Waals surface area contributed by atoms with Gasteiger partial charge in [0, 0.05) is 29.4 Å². The van der Waals surface area contributed by atoms with Crippen molar-refractivity contribution in [3.8, 4) is 0 Å². The summed E-state index contributed by atoms with van der Waals surface area (Å²) in [5, 5.41) is 14.8. The van der Waals surface area contributed by atoms with Crippen LogP contribution in [0.2, 0.25) is 0 Å². The summed E-state index contributed by atoms with van der Waals surface area (Å²) < 4.78 is 26.9. The second-order valence-electron chi connectivity index (χ2n) is 4.93. The molecule has 3 N–H and O–H groups in total. The Bertz CT molecular complexity index is 820. The summed E-state index contributed by atoms with van der Waals surface area (Å²) in [6.45, 7) is 3.94. The van der Waals surface area contributed by atoms with Crippen molar-refractivity contribution in [1.82, 2.24) is 4.98 Å². The summed E-state index contributed by atoms with van der Waals surface area (Å²) in [4.78, 5) is 4.07. The molecule has 1 aromatic heterocycles. The predicted molar refractivity (Wildman–Crippen MR) is 98.0 cm³/mol. The summed E-state index contributed by atoms with van der Waals surface area (Å²) in [5.41, 5.74) is 1.52. The van der Waals surface area contributed by atoms with Crippen molar-refractivity contribution in [2.75, 3.05) is 16.6 Å². The molecule has 1 aromatic carbocycles. The molecule has 0 aliphatic heterocycles. The lowest BCUT2D eigenvalue weighted by Gasteiger charge is -2.10. The molecule has 2 aromatic rings. The molecule has 0 fully saturated rings. The molecule has 128 valence electrons. The standard InChI is InChI=1S/C16H19N3O3S2/c1-3-4-13(12(2)20)11-18-14-5-7-15(8-6-14)24(21,22)19-16-17-9-10-23-16/h3-10,18,20H,11H2,1-2H3,(H,17,19)/b4-3-,13-12-. The van der Waals surface area contributed by atoms with Gasteiger partial charge in [0.2, 0.25) is 0 Å². The summed E-state index contributed by atoms with van der Waals surface area (Å²) >= 11 is 1.22. The van der Waals surface area contributed by atoms with Gasteiger partial charge < -0.3 is 10.4 Å². The van der Waals surface area contributed by atoms with Crippen molar-refractivity contribution >= 4 is 32.2 Å². The Morgan fingerprint density at radius 2 is 2.04 bits per heavy atom. The molecule has 2 rings (SSSR count). The zero-order chi connectivity index (χ0) is 17.6. The lowest BCUT2D eigenvalue weighted by Crippen LogP contribution is -2.13. The van der Waals surface area contributed by atoms with E-state index in [0.29, 0.717) is 11.7 Å². The van der Waals surface area contributed by atoms with E-state index in [-0.39, 0.29) is 10.7 Å². The van der Waals surface area contributed by atoms with Gasteiger partial charge in [-0.25, -0.2) is 13.4 Å². The number of aliphatic hydroxyl groups is 1. The van der Waals surface area contributed by atoms with Gasteiger partial charge in [0.05, 0.1) is 10.7 Å². The smallest absolute Gasteiger partial charge is 0.263 e. The van der Waals surface area contributed by atoms with E-state index in [1.54, 1.807) is 24.4 Å². The summed E-state index contributed by atoms with van der Waals surface area (Å²) in [7, 11) is -3.64. The molecule has 0 radical (unpaired) electrons. The maximum absolute atomic E-state index is 12.2. The van der Waals surface area contributed by atoms with Crippen LogP contribution in [0.25, 0.3) is 0 Å². The van der Waals surface area contributed by atoms with E-state index in [4.69, 9.17) is 0 Å². The lowest BCUT2D eigenvalue weighted by molar-refractivity contribution is 0.408. The molecule has 0 atom stereocenters. The minimum absolute atomic E-state index is 0.158. The molecular weight excluding hydrogens is 346 g/mol. The van der Waals surface area contributed by atoms with Gasteiger partial charge in [-0.2, -0.15) is 0 Å². The zero-order valence-corrected chi connectivity index (χ0v) is 15.0. The van der Waals surface area contributed by atoms with Crippen molar-refractivity contribution in [2.45, 2.75) is 18.7 Å². The number of nitrogens with zero attached hydrogens (tertiary/aromatic N) is 1. The fourth-order valence-electron chi connectivity index (χ4n) is 1.91. The molecule has 1 heterocycles. The van der Waals surface area contributed by atoms with Crippen LogP contribution in [0, 0.1) is 0 Å². The Balaban J connectivity index is 2.06. The minimum Gasteiger partial charge on any atom is -0.512 e. The summed E-state index contributed by atoms with van der Waals surface area (Å²) in [6.07, 6.45) is 5.20. The fourth-order valence-corrected chi connectivity index (χ4v) is 3.69. The maximum Gasteiger partial charge on any atom is 0.263 e. The van der Waals surface area contributed by atoms with Crippen molar-refractivity contribution < 1.29 is 13.5 Å². The van der Waals surface area contributed by atoms with Crippen LogP contribution in [0.3, 0.4) is 0 Å². The van der Waals surface area contributed by atoms with Gasteiger partial charge in [0.1, 0.15) is 0 Å². The number of rotatable bonds is 7. The number of aliphatic hydroxyl groups excluding tert-OH is 1. The molecule has 0 spiro atoms. The largest absolute Gasteiger partial charge is 0.512 e. The van der Waals surface area contributed by atoms with Crippen LogP contribution in [0.4, 0.5) is 10.8 Å². The highest BCUT2D eigenvalue weighted by Gasteiger charge is 2.15. The van der Waals surface area contributed by atoms with E-state index >= 15 is 0 Å². The highest BCUT2D eigenvalue weighted by atomic mass is 32.2. The van der Waals surface area contributed by atoms with E-state index in [1.165, 1.54) is 29.7 Å². The predicted octanol–water partition coefficient (Wildman–Crippen LogP) is 3.76. The third kappa shape index (κ3) is 4.84. The number of thiazole rings is 1. The average molecular weight is 365 g/mol. The Kier molecular flexibility index (Phi) is 5.99. The number of benzene rings is 1. The lowest BCUT2D eigenvalue weighted by atomic mass is 10.2. The molecule has 0 bridgehead atoms. The van der Waals surface area contributed by atoms with E-state index in [1.807, 2.05) is 19.1 Å². The first kappa shape index (κ1) is 18.0. The van der Waals surface area contributed by atoms with Gasteiger partial charge in [-0.1, -0.05) is 12.2 Å². The van der Waals surface area contributed by atoms with Crippen LogP contribution in [-0.4, -0.2) is 25.1 Å². The molecule has 6 nitrogen and oxygen atoms in total. The minimum atomic E-state index is -3.64.